The van der Waals surface area contributed by atoms with E-state index in [1.807, 2.05) is 0 Å². The molecule has 1 aliphatic heterocycles. The Balaban J connectivity index is 1.51. The molecule has 2 N–H and O–H groups in total. The summed E-state index contributed by atoms with van der Waals surface area (Å²) in [6.45, 7) is 7.31. The zero-order chi connectivity index (χ0) is 19.2. The van der Waals surface area contributed by atoms with Gasteiger partial charge in [-0.1, -0.05) is 0 Å². The lowest BCUT2D eigenvalue weighted by molar-refractivity contribution is 0.0424. The topological polar surface area (TPSA) is 64.1 Å². The van der Waals surface area contributed by atoms with Crippen molar-refractivity contribution in [2.24, 2.45) is 4.99 Å². The van der Waals surface area contributed by atoms with Gasteiger partial charge in [-0.05, 0) is 56.9 Å². The Morgan fingerprint density at radius 2 is 2.04 bits per heavy atom. The van der Waals surface area contributed by atoms with Crippen LogP contribution in [-0.4, -0.2) is 58.1 Å². The zero-order valence-electron chi connectivity index (χ0n) is 16.2. The summed E-state index contributed by atoms with van der Waals surface area (Å²) in [5, 5.41) is 6.58. The highest BCUT2D eigenvalue weighted by molar-refractivity contribution is 5.79. The fraction of sp³-hybridized carbons (Fsp3) is 0.650. The molecule has 0 radical (unpaired) electrons. The van der Waals surface area contributed by atoms with E-state index in [1.54, 1.807) is 12.1 Å². The lowest BCUT2D eigenvalue weighted by atomic mass is 10.3. The molecule has 0 aliphatic carbocycles. The smallest absolute Gasteiger partial charge is 0.191 e. The second-order valence-electron chi connectivity index (χ2n) is 6.41. The second-order valence-corrected chi connectivity index (χ2v) is 6.41. The number of guanidine groups is 1. The van der Waals surface area contributed by atoms with E-state index in [9.17, 15) is 4.39 Å². The Morgan fingerprint density at radius 3 is 2.78 bits per heavy atom. The van der Waals surface area contributed by atoms with Gasteiger partial charge in [0.25, 0.3) is 0 Å². The van der Waals surface area contributed by atoms with Crippen LogP contribution < -0.4 is 15.4 Å². The van der Waals surface area contributed by atoms with Crippen LogP contribution in [0.3, 0.4) is 0 Å². The molecule has 2 rings (SSSR count). The van der Waals surface area contributed by atoms with Gasteiger partial charge in [-0.2, -0.15) is 0 Å². The predicted octanol–water partition coefficient (Wildman–Crippen LogP) is 2.74. The quantitative estimate of drug-likeness (QED) is 0.331. The van der Waals surface area contributed by atoms with Crippen LogP contribution in [0.25, 0.3) is 0 Å². The lowest BCUT2D eigenvalue weighted by Crippen LogP contribution is -2.38. The summed E-state index contributed by atoms with van der Waals surface area (Å²) in [5.41, 5.74) is 0. The number of hydrogen-bond acceptors (Lipinski definition) is 4. The Labute approximate surface area is 161 Å². The van der Waals surface area contributed by atoms with Crippen LogP contribution in [0.4, 0.5) is 4.39 Å². The lowest BCUT2D eigenvalue weighted by Gasteiger charge is -2.12. The molecule has 1 heterocycles. The third-order valence-electron chi connectivity index (χ3n) is 4.10. The zero-order valence-corrected chi connectivity index (χ0v) is 16.2. The minimum Gasteiger partial charge on any atom is -0.494 e. The van der Waals surface area contributed by atoms with Crippen LogP contribution in [0.15, 0.2) is 29.3 Å². The number of halogens is 1. The molecule has 1 fully saturated rings. The second kappa shape index (κ2) is 13.3. The number of benzene rings is 1. The molecule has 1 atom stereocenters. The van der Waals surface area contributed by atoms with Crippen LogP contribution >= 0.6 is 0 Å². The van der Waals surface area contributed by atoms with Crippen molar-refractivity contribution in [2.45, 2.75) is 38.7 Å². The molecule has 1 unspecified atom stereocenters. The van der Waals surface area contributed by atoms with Gasteiger partial charge in [0.15, 0.2) is 5.96 Å². The minimum absolute atomic E-state index is 0.249. The van der Waals surface area contributed by atoms with Gasteiger partial charge >= 0.3 is 0 Å². The largest absolute Gasteiger partial charge is 0.494 e. The van der Waals surface area contributed by atoms with Crippen LogP contribution in [0, 0.1) is 5.82 Å². The van der Waals surface area contributed by atoms with Gasteiger partial charge in [0.2, 0.25) is 0 Å². The first-order chi connectivity index (χ1) is 13.3. The van der Waals surface area contributed by atoms with Gasteiger partial charge in [-0.15, -0.1) is 0 Å². The summed E-state index contributed by atoms with van der Waals surface area (Å²) in [6, 6.07) is 6.10. The fourth-order valence-corrected chi connectivity index (χ4v) is 2.65. The molecule has 7 heteroatoms. The monoisotopic (exact) mass is 381 g/mol. The Kier molecular flexibility index (Phi) is 10.6. The highest BCUT2D eigenvalue weighted by atomic mass is 19.1. The van der Waals surface area contributed by atoms with Gasteiger partial charge in [-0.25, -0.2) is 4.39 Å². The first-order valence-corrected chi connectivity index (χ1v) is 9.88. The number of nitrogens with one attached hydrogen (secondary N) is 2. The van der Waals surface area contributed by atoms with Crippen molar-refractivity contribution in [1.29, 1.82) is 0 Å². The van der Waals surface area contributed by atoms with Crippen molar-refractivity contribution in [3.8, 4) is 5.75 Å². The molecule has 1 aliphatic rings. The van der Waals surface area contributed by atoms with Crippen LogP contribution in [0.1, 0.15) is 32.6 Å². The maximum Gasteiger partial charge on any atom is 0.191 e. The van der Waals surface area contributed by atoms with E-state index in [-0.39, 0.29) is 11.9 Å². The van der Waals surface area contributed by atoms with Crippen molar-refractivity contribution in [3.05, 3.63) is 30.1 Å². The standard InChI is InChI=1S/C20H32FN3O3/c1-2-22-20(24-12-5-14-27-19-10-15-25-16-19)23-11-3-4-13-26-18-8-6-17(21)7-9-18/h6-9,19H,2-5,10-16H2,1H3,(H2,22,23,24). The molecule has 0 spiro atoms. The number of aliphatic imine (C=N–C) groups is 1. The number of unbranched alkanes of at least 4 members (excludes halogenated alkanes) is 1. The van der Waals surface area contributed by atoms with Crippen molar-refractivity contribution >= 4 is 5.96 Å². The summed E-state index contributed by atoms with van der Waals surface area (Å²) in [4.78, 5) is 4.57. The van der Waals surface area contributed by atoms with E-state index in [1.165, 1.54) is 12.1 Å². The molecule has 152 valence electrons. The Hall–Kier alpha value is -1.86. The summed E-state index contributed by atoms with van der Waals surface area (Å²) >= 11 is 0. The molecule has 0 saturated carbocycles. The van der Waals surface area contributed by atoms with Crippen LogP contribution in [0.5, 0.6) is 5.75 Å². The predicted molar refractivity (Wildman–Crippen MR) is 105 cm³/mol. The summed E-state index contributed by atoms with van der Waals surface area (Å²) in [5.74, 6) is 1.28. The molecule has 1 aromatic rings. The Bertz CT molecular complexity index is 534. The average Bonchev–Trinajstić information content (AvgIpc) is 3.19. The number of nitrogens with zero attached hydrogens (tertiary/aromatic N) is 1. The summed E-state index contributed by atoms with van der Waals surface area (Å²) in [7, 11) is 0. The molecule has 1 saturated heterocycles. The summed E-state index contributed by atoms with van der Waals surface area (Å²) in [6.07, 6.45) is 4.05. The number of ether oxygens (including phenoxy) is 3. The highest BCUT2D eigenvalue weighted by Gasteiger charge is 2.15. The van der Waals surface area contributed by atoms with Crippen molar-refractivity contribution in [2.75, 3.05) is 46.1 Å². The minimum atomic E-state index is -0.249. The van der Waals surface area contributed by atoms with Crippen molar-refractivity contribution in [1.82, 2.24) is 10.6 Å². The van der Waals surface area contributed by atoms with E-state index >= 15 is 0 Å². The molecular weight excluding hydrogens is 349 g/mol. The first kappa shape index (κ1) is 21.4. The van der Waals surface area contributed by atoms with Gasteiger partial charge in [-0.3, -0.25) is 4.99 Å². The molecular formula is C20H32FN3O3. The van der Waals surface area contributed by atoms with Crippen LogP contribution in [0.2, 0.25) is 0 Å². The van der Waals surface area contributed by atoms with E-state index in [2.05, 4.69) is 22.5 Å². The molecule has 1 aromatic carbocycles. The van der Waals surface area contributed by atoms with Gasteiger partial charge in [0, 0.05) is 32.8 Å². The molecule has 0 aromatic heterocycles. The average molecular weight is 381 g/mol. The van der Waals surface area contributed by atoms with Crippen molar-refractivity contribution in [3.63, 3.8) is 0 Å². The third-order valence-corrected chi connectivity index (χ3v) is 4.10. The van der Waals surface area contributed by atoms with E-state index in [4.69, 9.17) is 14.2 Å². The highest BCUT2D eigenvalue weighted by Crippen LogP contribution is 2.11. The first-order valence-electron chi connectivity index (χ1n) is 9.88. The molecule has 27 heavy (non-hydrogen) atoms. The third kappa shape index (κ3) is 9.58. The number of hydrogen-bond donors (Lipinski definition) is 2. The Morgan fingerprint density at radius 1 is 1.19 bits per heavy atom. The molecule has 0 amide bonds. The normalized spacial score (nSPS) is 17.1. The van der Waals surface area contributed by atoms with E-state index in [0.717, 1.165) is 71.1 Å². The fourth-order valence-electron chi connectivity index (χ4n) is 2.65. The van der Waals surface area contributed by atoms with Gasteiger partial charge in [0.05, 0.1) is 19.3 Å². The molecule has 0 bridgehead atoms. The molecule has 6 nitrogen and oxygen atoms in total. The van der Waals surface area contributed by atoms with Gasteiger partial charge < -0.3 is 24.8 Å². The number of rotatable bonds is 12. The summed E-state index contributed by atoms with van der Waals surface area (Å²) < 4.78 is 29.4. The van der Waals surface area contributed by atoms with Gasteiger partial charge in [0.1, 0.15) is 11.6 Å². The SMILES string of the molecule is CCNC(=NCCCOC1CCOC1)NCCCCOc1ccc(F)cc1. The van der Waals surface area contributed by atoms with E-state index in [0.29, 0.717) is 12.4 Å². The van der Waals surface area contributed by atoms with Crippen LogP contribution in [-0.2, 0) is 9.47 Å². The van der Waals surface area contributed by atoms with Crippen molar-refractivity contribution < 1.29 is 18.6 Å². The van der Waals surface area contributed by atoms with E-state index < -0.39 is 0 Å². The maximum absolute atomic E-state index is 12.8. The maximum atomic E-state index is 12.8.